The largest absolute Gasteiger partial charge is 0.464 e. The number of aromatic nitrogens is 1. The standard InChI is InChI=1S/C40H49ClN8O6/c1-23(2)35(46(5)37(52)28-19-47(20-28)34(50)16-41)36(51)44-32-13-24-11-26(14-29(43)12-24)25-8-9-30-27(17-42)18-48(33(30)15-25)21-40(3,4)22-55-39(54)31-7-6-10-49(45-31)38(32)53/h8-9,11-12,14-15,18,23,28,31-32,35,45H,6-7,10,13,16,19-22,43H2,1-5H3,(H,44,51)/t31-,32-,35-/m0/s1. The predicted molar refractivity (Wildman–Crippen MR) is 207 cm³/mol. The highest BCUT2D eigenvalue weighted by atomic mass is 35.5. The first-order valence-electron chi connectivity index (χ1n) is 18.7. The molecule has 0 spiro atoms. The average molecular weight is 773 g/mol. The summed E-state index contributed by atoms with van der Waals surface area (Å²) in [6.45, 7) is 8.93. The van der Waals surface area contributed by atoms with Gasteiger partial charge in [0.05, 0.1) is 23.6 Å². The Kier molecular flexibility index (Phi) is 11.5. The van der Waals surface area contributed by atoms with E-state index in [4.69, 9.17) is 22.1 Å². The van der Waals surface area contributed by atoms with Crippen LogP contribution in [0.15, 0.2) is 42.6 Å². The van der Waals surface area contributed by atoms with E-state index in [2.05, 4.69) is 16.8 Å². The fraction of sp³-hybridized carbons (Fsp3) is 0.500. The molecule has 292 valence electrons. The minimum atomic E-state index is -1.11. The van der Waals surface area contributed by atoms with E-state index in [-0.39, 0.29) is 49.7 Å². The van der Waals surface area contributed by atoms with Crippen molar-refractivity contribution in [2.45, 2.75) is 71.6 Å². The van der Waals surface area contributed by atoms with E-state index in [1.807, 2.05) is 68.8 Å². The molecule has 15 heteroatoms. The number of alkyl halides is 1. The van der Waals surface area contributed by atoms with E-state index in [0.29, 0.717) is 42.7 Å². The minimum absolute atomic E-state index is 0.0574. The second-order valence-corrected chi connectivity index (χ2v) is 16.4. The van der Waals surface area contributed by atoms with Gasteiger partial charge in [-0.25, -0.2) is 5.43 Å². The maximum absolute atomic E-state index is 14.4. The van der Waals surface area contributed by atoms with Crippen LogP contribution < -0.4 is 16.5 Å². The molecule has 4 N–H and O–H groups in total. The van der Waals surface area contributed by atoms with Gasteiger partial charge in [-0.3, -0.25) is 29.0 Å². The van der Waals surface area contributed by atoms with Crippen molar-refractivity contribution in [1.29, 1.82) is 5.26 Å². The molecule has 3 aliphatic rings. The van der Waals surface area contributed by atoms with E-state index in [9.17, 15) is 29.2 Å². The lowest BCUT2D eigenvalue weighted by molar-refractivity contribution is -0.155. The van der Waals surface area contributed by atoms with E-state index in [1.54, 1.807) is 13.1 Å². The van der Waals surface area contributed by atoms with Crippen LogP contribution in [0.2, 0.25) is 0 Å². The SMILES string of the molecule is CC(C)[C@@H](C(=O)N[C@H]1Cc2cc(N)cc(c2)-c2ccc3c(C#N)cn(c3c2)CC(C)(C)COC(=O)[C@@H]2CCCN(N2)C1=O)N(C)C(=O)C1CN(C(=O)CCl)C1. The number of nitriles is 1. The summed E-state index contributed by atoms with van der Waals surface area (Å²) in [7, 11) is 1.56. The van der Waals surface area contributed by atoms with E-state index in [1.165, 1.54) is 14.8 Å². The van der Waals surface area contributed by atoms with Crippen LogP contribution in [0, 0.1) is 28.6 Å². The number of nitrogens with one attached hydrogen (secondary N) is 2. The lowest BCUT2D eigenvalue weighted by Gasteiger charge is -2.42. The molecule has 0 aliphatic carbocycles. The molecule has 2 saturated heterocycles. The summed E-state index contributed by atoms with van der Waals surface area (Å²) in [4.78, 5) is 70.5. The number of likely N-dealkylation sites (N-methyl/N-ethyl adjacent to an activating group) is 1. The number of ether oxygens (including phenoxy) is 1. The number of cyclic esters (lactones) is 1. The molecule has 6 rings (SSSR count). The molecular formula is C40H49ClN8O6. The Morgan fingerprint density at radius 2 is 1.89 bits per heavy atom. The zero-order chi connectivity index (χ0) is 39.8. The smallest absolute Gasteiger partial charge is 0.324 e. The summed E-state index contributed by atoms with van der Waals surface area (Å²) in [6.07, 6.45) is 2.85. The lowest BCUT2D eigenvalue weighted by Crippen LogP contribution is -2.63. The maximum atomic E-state index is 14.4. The Hall–Kier alpha value is -5.13. The number of hydrogen-bond acceptors (Lipinski definition) is 9. The molecule has 0 radical (unpaired) electrons. The van der Waals surface area contributed by atoms with Gasteiger partial charge in [-0.2, -0.15) is 5.26 Å². The molecule has 4 amide bonds. The van der Waals surface area contributed by atoms with Crippen molar-refractivity contribution in [3.63, 3.8) is 0 Å². The van der Waals surface area contributed by atoms with Gasteiger partial charge >= 0.3 is 5.97 Å². The first-order chi connectivity index (χ1) is 26.1. The normalized spacial score (nSPS) is 20.9. The maximum Gasteiger partial charge on any atom is 0.324 e. The number of nitrogen functional groups attached to an aromatic ring is 1. The summed E-state index contributed by atoms with van der Waals surface area (Å²) in [6, 6.07) is 10.8. The van der Waals surface area contributed by atoms with Crippen molar-refractivity contribution in [3.8, 4) is 17.2 Å². The van der Waals surface area contributed by atoms with Gasteiger partial charge in [0.2, 0.25) is 17.7 Å². The Bertz CT molecular complexity index is 2050. The highest BCUT2D eigenvalue weighted by molar-refractivity contribution is 6.27. The number of likely N-dealkylation sites (tertiary alicyclic amines) is 1. The molecule has 3 atom stereocenters. The predicted octanol–water partition coefficient (Wildman–Crippen LogP) is 3.05. The van der Waals surface area contributed by atoms with Crippen molar-refractivity contribution in [1.82, 2.24) is 30.1 Å². The number of benzene rings is 2. The monoisotopic (exact) mass is 772 g/mol. The zero-order valence-corrected chi connectivity index (χ0v) is 32.7. The highest BCUT2D eigenvalue weighted by Gasteiger charge is 2.42. The van der Waals surface area contributed by atoms with Gasteiger partial charge in [0.15, 0.2) is 0 Å². The van der Waals surface area contributed by atoms with Crippen molar-refractivity contribution in [2.75, 3.05) is 44.9 Å². The van der Waals surface area contributed by atoms with Gasteiger partial charge in [0.25, 0.3) is 5.91 Å². The highest BCUT2D eigenvalue weighted by Crippen LogP contribution is 2.32. The Labute approximate surface area is 325 Å². The molecule has 2 fully saturated rings. The summed E-state index contributed by atoms with van der Waals surface area (Å²) >= 11 is 5.69. The number of esters is 1. The minimum Gasteiger partial charge on any atom is -0.464 e. The van der Waals surface area contributed by atoms with E-state index in [0.717, 1.165) is 22.0 Å². The van der Waals surface area contributed by atoms with Gasteiger partial charge in [0, 0.05) is 62.3 Å². The molecule has 3 aliphatic heterocycles. The number of amides is 4. The number of rotatable bonds is 6. The summed E-state index contributed by atoms with van der Waals surface area (Å²) < 4.78 is 7.86. The summed E-state index contributed by atoms with van der Waals surface area (Å²) in [5.74, 6) is -2.96. The third-order valence-electron chi connectivity index (χ3n) is 10.7. The number of nitrogens with two attached hydrogens (primary N) is 1. The van der Waals surface area contributed by atoms with Crippen LogP contribution >= 0.6 is 11.6 Å². The number of carbonyl (C=O) groups is 5. The molecule has 0 unspecified atom stereocenters. The third kappa shape index (κ3) is 8.43. The molecule has 55 heavy (non-hydrogen) atoms. The fourth-order valence-electron chi connectivity index (χ4n) is 7.84. The topological polar surface area (TPSA) is 183 Å². The van der Waals surface area contributed by atoms with Crippen molar-refractivity contribution in [2.24, 2.45) is 17.3 Å². The van der Waals surface area contributed by atoms with E-state index >= 15 is 0 Å². The lowest BCUT2D eigenvalue weighted by atomic mass is 9.94. The van der Waals surface area contributed by atoms with Crippen molar-refractivity contribution >= 4 is 57.8 Å². The number of hydrogen-bond donors (Lipinski definition) is 3. The van der Waals surface area contributed by atoms with Gasteiger partial charge in [-0.1, -0.05) is 45.9 Å². The molecular weight excluding hydrogens is 724 g/mol. The number of halogens is 1. The Balaban J connectivity index is 1.35. The molecule has 6 bridgehead atoms. The van der Waals surface area contributed by atoms with Crippen LogP contribution in [-0.2, 0) is 41.7 Å². The number of nitrogens with zero attached hydrogens (tertiary/aromatic N) is 5. The van der Waals surface area contributed by atoms with Crippen LogP contribution in [0.5, 0.6) is 0 Å². The van der Waals surface area contributed by atoms with Gasteiger partial charge in [0.1, 0.15) is 30.1 Å². The summed E-state index contributed by atoms with van der Waals surface area (Å²) in [5, 5.41) is 15.1. The molecule has 4 heterocycles. The molecule has 1 aromatic heterocycles. The second-order valence-electron chi connectivity index (χ2n) is 16.1. The van der Waals surface area contributed by atoms with Gasteiger partial charge < -0.3 is 30.2 Å². The van der Waals surface area contributed by atoms with Crippen LogP contribution in [-0.4, -0.2) is 106 Å². The number of carbonyl (C=O) groups excluding carboxylic acids is 5. The van der Waals surface area contributed by atoms with Crippen LogP contribution in [0.25, 0.3) is 22.0 Å². The fourth-order valence-corrected chi connectivity index (χ4v) is 8.01. The molecule has 2 aromatic carbocycles. The quantitative estimate of drug-likeness (QED) is 0.193. The first kappa shape index (κ1) is 39.6. The first-order valence-corrected chi connectivity index (χ1v) is 19.2. The third-order valence-corrected chi connectivity index (χ3v) is 10.9. The van der Waals surface area contributed by atoms with Crippen molar-refractivity contribution < 1.29 is 28.7 Å². The van der Waals surface area contributed by atoms with Gasteiger partial charge in [-0.15, -0.1) is 11.6 Å². The van der Waals surface area contributed by atoms with Crippen LogP contribution in [0.4, 0.5) is 5.69 Å². The molecule has 3 aromatic rings. The van der Waals surface area contributed by atoms with E-state index < -0.39 is 47.2 Å². The number of hydrazine groups is 1. The van der Waals surface area contributed by atoms with Crippen molar-refractivity contribution in [3.05, 3.63) is 53.7 Å². The Morgan fingerprint density at radius 3 is 2.58 bits per heavy atom. The molecule has 0 saturated carbocycles. The Morgan fingerprint density at radius 1 is 1.15 bits per heavy atom. The second kappa shape index (κ2) is 15.9. The molecule has 14 nitrogen and oxygen atoms in total. The number of anilines is 1. The zero-order valence-electron chi connectivity index (χ0n) is 31.9. The van der Waals surface area contributed by atoms with Crippen LogP contribution in [0.3, 0.4) is 0 Å². The number of fused-ring (bicyclic) bond motifs is 6. The van der Waals surface area contributed by atoms with Gasteiger partial charge in [-0.05, 0) is 53.6 Å². The average Bonchev–Trinajstić information content (AvgIpc) is 3.47. The van der Waals surface area contributed by atoms with Crippen LogP contribution in [0.1, 0.15) is 51.7 Å². The summed E-state index contributed by atoms with van der Waals surface area (Å²) in [5.41, 5.74) is 13.2.